The predicted octanol–water partition coefficient (Wildman–Crippen LogP) is 0.0208. The van der Waals surface area contributed by atoms with Crippen LogP contribution in [0.2, 0.25) is 0 Å². The number of rotatable bonds is 5. The van der Waals surface area contributed by atoms with Crippen molar-refractivity contribution in [2.45, 2.75) is 0 Å². The Morgan fingerprint density at radius 2 is 1.65 bits per heavy atom. The van der Waals surface area contributed by atoms with Gasteiger partial charge in [-0.15, -0.1) is 12.1 Å². The van der Waals surface area contributed by atoms with Crippen LogP contribution in [0.25, 0.3) is 0 Å². The number of hydrogen-bond donors (Lipinski definition) is 0. The molecule has 0 aliphatic rings. The molecule has 0 aliphatic carbocycles. The molecule has 0 saturated heterocycles. The summed E-state index contributed by atoms with van der Waals surface area (Å²) in [5.41, 5.74) is -0.851. The normalized spacial score (nSPS) is 10.4. The van der Waals surface area contributed by atoms with Gasteiger partial charge in [0.15, 0.2) is 0 Å². The van der Waals surface area contributed by atoms with Crippen molar-refractivity contribution in [3.8, 4) is 11.5 Å². The Bertz CT molecular complexity index is 365. The zero-order valence-corrected chi connectivity index (χ0v) is 12.9. The Morgan fingerprint density at radius 1 is 1.18 bits per heavy atom. The molecule has 0 saturated carbocycles. The molecule has 0 radical (unpaired) electrons. The fourth-order valence-electron chi connectivity index (χ4n) is 0.942. The quantitative estimate of drug-likeness (QED) is 0.702. The van der Waals surface area contributed by atoms with Gasteiger partial charge in [-0.1, -0.05) is 0 Å². The van der Waals surface area contributed by atoms with Gasteiger partial charge in [-0.25, -0.2) is 0 Å². The van der Waals surface area contributed by atoms with Gasteiger partial charge in [-0.2, -0.15) is 0 Å². The standard InChI is InChI=1S/C10H11BF3O2.K/c1-8(11(12,13)14)7-16-10-5-3-9(15-2)4-6-10;/h3-6H,1,7H2,2H3;/q-1;+1. The summed E-state index contributed by atoms with van der Waals surface area (Å²) in [4.78, 5) is 0. The second-order valence-electron chi connectivity index (χ2n) is 3.20. The van der Waals surface area contributed by atoms with Crippen molar-refractivity contribution < 1.29 is 73.8 Å². The van der Waals surface area contributed by atoms with E-state index in [4.69, 9.17) is 9.47 Å². The van der Waals surface area contributed by atoms with E-state index in [1.165, 1.54) is 19.2 Å². The summed E-state index contributed by atoms with van der Waals surface area (Å²) in [6, 6.07) is 6.29. The van der Waals surface area contributed by atoms with Gasteiger partial charge in [0.1, 0.15) is 11.5 Å². The predicted molar refractivity (Wildman–Crippen MR) is 56.7 cm³/mol. The van der Waals surface area contributed by atoms with Crippen molar-refractivity contribution in [3.05, 3.63) is 36.3 Å². The third kappa shape index (κ3) is 5.96. The maximum Gasteiger partial charge on any atom is 1.00 e. The summed E-state index contributed by atoms with van der Waals surface area (Å²) in [6.45, 7) is -2.64. The summed E-state index contributed by atoms with van der Waals surface area (Å²) in [5.74, 6) is 0.966. The van der Waals surface area contributed by atoms with E-state index in [9.17, 15) is 12.9 Å². The van der Waals surface area contributed by atoms with Gasteiger partial charge >= 0.3 is 58.4 Å². The third-order valence-electron chi connectivity index (χ3n) is 1.95. The van der Waals surface area contributed by atoms with Crippen molar-refractivity contribution in [2.24, 2.45) is 0 Å². The minimum atomic E-state index is -5.03. The Labute approximate surface area is 141 Å². The van der Waals surface area contributed by atoms with Crippen LogP contribution < -0.4 is 60.9 Å². The Kier molecular flexibility index (Phi) is 7.50. The SMILES string of the molecule is C=C(COc1ccc(OC)cc1)[B-](F)(F)F.[K+]. The second kappa shape index (κ2) is 7.48. The topological polar surface area (TPSA) is 18.5 Å². The molecule has 1 aromatic rings. The van der Waals surface area contributed by atoms with Crippen LogP contribution in [0, 0.1) is 0 Å². The van der Waals surface area contributed by atoms with Gasteiger partial charge in [0.25, 0.3) is 0 Å². The molecule has 0 bridgehead atoms. The van der Waals surface area contributed by atoms with Crippen LogP contribution in [0.4, 0.5) is 12.9 Å². The first-order chi connectivity index (χ1) is 7.43. The van der Waals surface area contributed by atoms with Crippen LogP contribution in [0.5, 0.6) is 11.5 Å². The number of halogens is 3. The van der Waals surface area contributed by atoms with Crippen LogP contribution in [0.3, 0.4) is 0 Å². The fraction of sp³-hybridized carbons (Fsp3) is 0.200. The monoisotopic (exact) mass is 270 g/mol. The van der Waals surface area contributed by atoms with Gasteiger partial charge in [-0.05, 0) is 24.3 Å². The molecule has 0 heterocycles. The van der Waals surface area contributed by atoms with Crippen LogP contribution in [0.1, 0.15) is 0 Å². The van der Waals surface area contributed by atoms with Gasteiger partial charge in [0, 0.05) is 0 Å². The second-order valence-corrected chi connectivity index (χ2v) is 3.20. The van der Waals surface area contributed by atoms with Gasteiger partial charge < -0.3 is 22.4 Å². The number of methoxy groups -OCH3 is 1. The summed E-state index contributed by atoms with van der Waals surface area (Å²) >= 11 is 0. The molecule has 0 aliphatic heterocycles. The molecule has 0 fully saturated rings. The molecular weight excluding hydrogens is 259 g/mol. The van der Waals surface area contributed by atoms with Crippen LogP contribution in [-0.4, -0.2) is 20.7 Å². The maximum absolute atomic E-state index is 12.1. The van der Waals surface area contributed by atoms with E-state index >= 15 is 0 Å². The molecular formula is C10H11BF3KO2. The molecule has 88 valence electrons. The zero-order valence-electron chi connectivity index (χ0n) is 9.75. The summed E-state index contributed by atoms with van der Waals surface area (Å²) in [5, 5.41) is 0. The average Bonchev–Trinajstić information content (AvgIpc) is 2.25. The molecule has 1 aromatic carbocycles. The van der Waals surface area contributed by atoms with E-state index < -0.39 is 19.1 Å². The molecule has 0 amide bonds. The summed E-state index contributed by atoms with van der Waals surface area (Å²) in [7, 11) is 1.50. The van der Waals surface area contributed by atoms with Crippen LogP contribution in [-0.2, 0) is 0 Å². The van der Waals surface area contributed by atoms with Crippen molar-refractivity contribution in [1.29, 1.82) is 0 Å². The first-order valence-electron chi connectivity index (χ1n) is 4.58. The van der Waals surface area contributed by atoms with Crippen molar-refractivity contribution in [3.63, 3.8) is 0 Å². The van der Waals surface area contributed by atoms with Crippen LogP contribution in [0.15, 0.2) is 36.3 Å². The molecule has 0 aromatic heterocycles. The third-order valence-corrected chi connectivity index (χ3v) is 1.95. The van der Waals surface area contributed by atoms with Crippen molar-refractivity contribution in [2.75, 3.05) is 13.7 Å². The maximum atomic E-state index is 12.1. The molecule has 0 unspecified atom stereocenters. The summed E-state index contributed by atoms with van der Waals surface area (Å²) < 4.78 is 46.2. The molecule has 0 N–H and O–H groups in total. The first kappa shape index (κ1) is 17.1. The molecule has 0 spiro atoms. The summed E-state index contributed by atoms with van der Waals surface area (Å²) in [6.07, 6.45) is 0. The van der Waals surface area contributed by atoms with Gasteiger partial charge in [0.2, 0.25) is 0 Å². The average molecular weight is 270 g/mol. The van der Waals surface area contributed by atoms with E-state index in [1.54, 1.807) is 12.1 Å². The van der Waals surface area contributed by atoms with E-state index in [1.807, 2.05) is 0 Å². The fourth-order valence-corrected chi connectivity index (χ4v) is 0.942. The smallest absolute Gasteiger partial charge is 0.497 e. The van der Waals surface area contributed by atoms with Gasteiger partial charge in [0.05, 0.1) is 13.7 Å². The van der Waals surface area contributed by atoms with E-state index in [0.717, 1.165) is 0 Å². The largest absolute Gasteiger partial charge is 1.00 e. The van der Waals surface area contributed by atoms with Crippen molar-refractivity contribution >= 4 is 6.98 Å². The Hall–Kier alpha value is 0.0513. The minimum Gasteiger partial charge on any atom is -0.497 e. The van der Waals surface area contributed by atoms with Crippen LogP contribution >= 0.6 is 0 Å². The number of benzene rings is 1. The Morgan fingerprint density at radius 3 is 2.06 bits per heavy atom. The minimum absolute atomic E-state index is 0. The van der Waals surface area contributed by atoms with E-state index in [-0.39, 0.29) is 51.4 Å². The first-order valence-corrected chi connectivity index (χ1v) is 4.58. The molecule has 17 heavy (non-hydrogen) atoms. The van der Waals surface area contributed by atoms with Gasteiger partial charge in [-0.3, -0.25) is 0 Å². The molecule has 1 rings (SSSR count). The molecule has 7 heteroatoms. The van der Waals surface area contributed by atoms with E-state index in [0.29, 0.717) is 11.5 Å². The zero-order chi connectivity index (χ0) is 12.2. The molecule has 2 nitrogen and oxygen atoms in total. The van der Waals surface area contributed by atoms with Crippen molar-refractivity contribution in [1.82, 2.24) is 0 Å². The Balaban J connectivity index is 0.00000256. The molecule has 0 atom stereocenters. The number of ether oxygens (including phenoxy) is 2. The van der Waals surface area contributed by atoms with E-state index in [2.05, 4.69) is 6.58 Å². The number of hydrogen-bond acceptors (Lipinski definition) is 2.